The van der Waals surface area contributed by atoms with Crippen LogP contribution in [0, 0.1) is 18.3 Å². The van der Waals surface area contributed by atoms with Crippen LogP contribution in [0.25, 0.3) is 0 Å². The van der Waals surface area contributed by atoms with Gasteiger partial charge in [0, 0.05) is 26.1 Å². The van der Waals surface area contributed by atoms with Crippen molar-refractivity contribution < 1.29 is 4.79 Å². The number of nitriles is 1. The lowest BCUT2D eigenvalue weighted by Crippen LogP contribution is -2.35. The third-order valence-corrected chi connectivity index (χ3v) is 3.21. The molecule has 0 saturated carbocycles. The van der Waals surface area contributed by atoms with Gasteiger partial charge in [-0.1, -0.05) is 6.07 Å². The number of aryl methyl sites for hydroxylation is 1. The number of benzene rings is 1. The molecule has 1 amide bonds. The van der Waals surface area contributed by atoms with E-state index in [0.717, 1.165) is 30.8 Å². The quantitative estimate of drug-likeness (QED) is 0.858. The van der Waals surface area contributed by atoms with Crippen molar-refractivity contribution in [3.05, 3.63) is 29.3 Å². The molecule has 0 aliphatic carbocycles. The Hall–Kier alpha value is -2.02. The highest BCUT2D eigenvalue weighted by Crippen LogP contribution is 2.25. The molecule has 4 nitrogen and oxygen atoms in total. The van der Waals surface area contributed by atoms with E-state index in [1.165, 1.54) is 6.92 Å². The number of anilines is 1. The first-order valence-corrected chi connectivity index (χ1v) is 6.13. The van der Waals surface area contributed by atoms with Gasteiger partial charge in [0.1, 0.15) is 6.07 Å². The first-order chi connectivity index (χ1) is 8.60. The van der Waals surface area contributed by atoms with Crippen molar-refractivity contribution in [2.45, 2.75) is 26.3 Å². The van der Waals surface area contributed by atoms with Crippen LogP contribution in [0.4, 0.5) is 5.69 Å². The number of nitrogens with one attached hydrogen (secondary N) is 1. The maximum Gasteiger partial charge on any atom is 0.217 e. The summed E-state index contributed by atoms with van der Waals surface area (Å²) in [6, 6.07) is 8.34. The lowest BCUT2D eigenvalue weighted by molar-refractivity contribution is -0.119. The Bertz CT molecular complexity index is 504. The molecule has 2 rings (SSSR count). The van der Waals surface area contributed by atoms with Gasteiger partial charge in [-0.25, -0.2) is 0 Å². The molecular weight excluding hydrogens is 226 g/mol. The summed E-state index contributed by atoms with van der Waals surface area (Å²) in [7, 11) is 0. The van der Waals surface area contributed by atoms with Crippen LogP contribution in [0.2, 0.25) is 0 Å². The molecule has 0 bridgehead atoms. The van der Waals surface area contributed by atoms with Gasteiger partial charge in [0.25, 0.3) is 0 Å². The van der Waals surface area contributed by atoms with Crippen LogP contribution in [-0.4, -0.2) is 25.0 Å². The summed E-state index contributed by atoms with van der Waals surface area (Å²) in [5.41, 5.74) is 2.77. The highest BCUT2D eigenvalue weighted by Gasteiger charge is 2.24. The molecule has 1 aromatic rings. The Morgan fingerprint density at radius 1 is 1.56 bits per heavy atom. The molecule has 1 aliphatic heterocycles. The molecule has 1 fully saturated rings. The summed E-state index contributed by atoms with van der Waals surface area (Å²) < 4.78 is 0. The number of carbonyl (C=O) groups is 1. The third-order valence-electron chi connectivity index (χ3n) is 3.21. The van der Waals surface area contributed by atoms with Gasteiger partial charge < -0.3 is 10.2 Å². The molecule has 0 radical (unpaired) electrons. The van der Waals surface area contributed by atoms with E-state index < -0.39 is 0 Å². The second-order valence-electron chi connectivity index (χ2n) is 4.76. The topological polar surface area (TPSA) is 56.1 Å². The van der Waals surface area contributed by atoms with Crippen molar-refractivity contribution in [1.29, 1.82) is 5.26 Å². The fourth-order valence-corrected chi connectivity index (χ4v) is 2.40. The number of hydrogen-bond acceptors (Lipinski definition) is 3. The SMILES string of the molecule is CC(=O)NC1CCN(c2ccc(C)cc2C#N)C1. The predicted octanol–water partition coefficient (Wildman–Crippen LogP) is 1.58. The average molecular weight is 243 g/mol. The molecule has 18 heavy (non-hydrogen) atoms. The van der Waals surface area contributed by atoms with Gasteiger partial charge >= 0.3 is 0 Å². The van der Waals surface area contributed by atoms with E-state index in [4.69, 9.17) is 5.26 Å². The van der Waals surface area contributed by atoms with Gasteiger partial charge in [0.2, 0.25) is 5.91 Å². The number of carbonyl (C=O) groups excluding carboxylic acids is 1. The van der Waals surface area contributed by atoms with Crippen LogP contribution in [0.3, 0.4) is 0 Å². The summed E-state index contributed by atoms with van der Waals surface area (Å²) in [6.45, 7) is 5.17. The van der Waals surface area contributed by atoms with E-state index in [2.05, 4.69) is 16.3 Å². The normalized spacial score (nSPS) is 18.5. The molecule has 1 aliphatic rings. The highest BCUT2D eigenvalue weighted by atomic mass is 16.1. The van der Waals surface area contributed by atoms with Crippen LogP contribution in [0.5, 0.6) is 0 Å². The number of amides is 1. The molecule has 1 heterocycles. The Kier molecular flexibility index (Phi) is 3.52. The van der Waals surface area contributed by atoms with Gasteiger partial charge in [0.15, 0.2) is 0 Å². The molecule has 0 aromatic heterocycles. The van der Waals surface area contributed by atoms with Crippen molar-refractivity contribution in [2.24, 2.45) is 0 Å². The van der Waals surface area contributed by atoms with Crippen molar-refractivity contribution in [3.63, 3.8) is 0 Å². The van der Waals surface area contributed by atoms with E-state index in [-0.39, 0.29) is 11.9 Å². The van der Waals surface area contributed by atoms with E-state index in [0.29, 0.717) is 5.56 Å². The summed E-state index contributed by atoms with van der Waals surface area (Å²) in [5.74, 6) is 0.00580. The zero-order valence-corrected chi connectivity index (χ0v) is 10.7. The molecule has 1 atom stereocenters. The zero-order valence-electron chi connectivity index (χ0n) is 10.7. The van der Waals surface area contributed by atoms with Crippen molar-refractivity contribution in [1.82, 2.24) is 5.32 Å². The number of hydrogen-bond donors (Lipinski definition) is 1. The monoisotopic (exact) mass is 243 g/mol. The lowest BCUT2D eigenvalue weighted by atomic mass is 10.1. The Labute approximate surface area is 107 Å². The standard InChI is InChI=1S/C14H17N3O/c1-10-3-4-14(12(7-10)8-15)17-6-5-13(9-17)16-11(2)18/h3-4,7,13H,5-6,9H2,1-2H3,(H,16,18). The Balaban J connectivity index is 2.14. The fraction of sp³-hybridized carbons (Fsp3) is 0.429. The largest absolute Gasteiger partial charge is 0.368 e. The smallest absolute Gasteiger partial charge is 0.217 e. The Morgan fingerprint density at radius 3 is 3.00 bits per heavy atom. The van der Waals surface area contributed by atoms with Gasteiger partial charge in [-0.15, -0.1) is 0 Å². The van der Waals surface area contributed by atoms with Gasteiger partial charge in [0.05, 0.1) is 11.3 Å². The Morgan fingerprint density at radius 2 is 2.33 bits per heavy atom. The minimum absolute atomic E-state index is 0.00580. The maximum atomic E-state index is 11.0. The molecule has 4 heteroatoms. The average Bonchev–Trinajstić information content (AvgIpc) is 2.76. The maximum absolute atomic E-state index is 11.0. The van der Waals surface area contributed by atoms with Crippen molar-refractivity contribution in [3.8, 4) is 6.07 Å². The van der Waals surface area contributed by atoms with E-state index in [1.54, 1.807) is 0 Å². The first-order valence-electron chi connectivity index (χ1n) is 6.13. The summed E-state index contributed by atoms with van der Waals surface area (Å²) in [4.78, 5) is 13.2. The minimum Gasteiger partial charge on any atom is -0.368 e. The van der Waals surface area contributed by atoms with Gasteiger partial charge in [-0.3, -0.25) is 4.79 Å². The summed E-state index contributed by atoms with van der Waals surface area (Å²) >= 11 is 0. The molecule has 1 N–H and O–H groups in total. The van der Waals surface area contributed by atoms with Crippen molar-refractivity contribution in [2.75, 3.05) is 18.0 Å². The van der Waals surface area contributed by atoms with Gasteiger partial charge in [-0.05, 0) is 31.0 Å². The predicted molar refractivity (Wildman–Crippen MR) is 70.3 cm³/mol. The van der Waals surface area contributed by atoms with Crippen LogP contribution >= 0.6 is 0 Å². The highest BCUT2D eigenvalue weighted by molar-refractivity contribution is 5.73. The van der Waals surface area contributed by atoms with Crippen LogP contribution in [-0.2, 0) is 4.79 Å². The van der Waals surface area contributed by atoms with Gasteiger partial charge in [-0.2, -0.15) is 5.26 Å². The molecular formula is C14H17N3O. The molecule has 1 aromatic carbocycles. The minimum atomic E-state index is 0.00580. The number of nitrogens with zero attached hydrogens (tertiary/aromatic N) is 2. The van der Waals surface area contributed by atoms with Crippen LogP contribution in [0.1, 0.15) is 24.5 Å². The molecule has 0 spiro atoms. The zero-order chi connectivity index (χ0) is 13.1. The second-order valence-corrected chi connectivity index (χ2v) is 4.76. The summed E-state index contributed by atoms with van der Waals surface area (Å²) in [6.07, 6.45) is 0.929. The second kappa shape index (κ2) is 5.09. The number of rotatable bonds is 2. The van der Waals surface area contributed by atoms with Crippen LogP contribution in [0.15, 0.2) is 18.2 Å². The summed E-state index contributed by atoms with van der Waals surface area (Å²) in [5, 5.41) is 12.1. The van der Waals surface area contributed by atoms with Crippen LogP contribution < -0.4 is 10.2 Å². The molecule has 1 unspecified atom stereocenters. The molecule has 94 valence electrons. The fourth-order valence-electron chi connectivity index (χ4n) is 2.40. The van der Waals surface area contributed by atoms with E-state index in [9.17, 15) is 4.79 Å². The van der Waals surface area contributed by atoms with E-state index in [1.807, 2.05) is 25.1 Å². The van der Waals surface area contributed by atoms with E-state index >= 15 is 0 Å². The molecule has 1 saturated heterocycles. The first kappa shape index (κ1) is 12.4. The third kappa shape index (κ3) is 2.62. The van der Waals surface area contributed by atoms with Crippen molar-refractivity contribution >= 4 is 11.6 Å². The lowest BCUT2D eigenvalue weighted by Gasteiger charge is -2.20.